The van der Waals surface area contributed by atoms with Crippen molar-refractivity contribution in [3.63, 3.8) is 0 Å². The van der Waals surface area contributed by atoms with Crippen LogP contribution in [0.1, 0.15) is 28.6 Å². The third-order valence-electron chi connectivity index (χ3n) is 5.00. The molecule has 1 aromatic heterocycles. The highest BCUT2D eigenvalue weighted by Gasteiger charge is 2.60. The molecule has 2 fully saturated rings. The fraction of sp³-hybridized carbons (Fsp3) is 0.471. The number of allylic oxidation sites excluding steroid dienone is 2. The van der Waals surface area contributed by atoms with Crippen molar-refractivity contribution in [3.8, 4) is 0 Å². The molecule has 2 amide bonds. The summed E-state index contributed by atoms with van der Waals surface area (Å²) in [6.45, 7) is 3.85. The molecule has 4 atom stereocenters. The molecule has 1 aliphatic heterocycles. The first kappa shape index (κ1) is 14.6. The molecule has 23 heavy (non-hydrogen) atoms. The van der Waals surface area contributed by atoms with Gasteiger partial charge in [-0.15, -0.1) is 11.3 Å². The lowest BCUT2D eigenvalue weighted by molar-refractivity contribution is -0.123. The maximum Gasteiger partial charge on any atom is 0.341 e. The summed E-state index contributed by atoms with van der Waals surface area (Å²) in [6.07, 6.45) is 5.02. The van der Waals surface area contributed by atoms with Crippen LogP contribution in [0.3, 0.4) is 0 Å². The van der Waals surface area contributed by atoms with Gasteiger partial charge in [0.05, 0.1) is 24.0 Å². The number of esters is 1. The van der Waals surface area contributed by atoms with Gasteiger partial charge in [-0.25, -0.2) is 9.69 Å². The zero-order valence-corrected chi connectivity index (χ0v) is 13.8. The van der Waals surface area contributed by atoms with E-state index < -0.39 is 5.97 Å². The summed E-state index contributed by atoms with van der Waals surface area (Å²) in [5.41, 5.74) is 0.316. The number of hydrogen-bond donors (Lipinski definition) is 0. The molecule has 2 bridgehead atoms. The number of ether oxygens (including phenoxy) is 1. The fourth-order valence-corrected chi connectivity index (χ4v) is 5.13. The summed E-state index contributed by atoms with van der Waals surface area (Å²) in [5.74, 6) is -0.985. The van der Waals surface area contributed by atoms with Gasteiger partial charge in [-0.05, 0) is 38.2 Å². The number of aryl methyl sites for hydroxylation is 1. The molecule has 120 valence electrons. The van der Waals surface area contributed by atoms with Crippen LogP contribution in [0.5, 0.6) is 0 Å². The molecule has 5 nitrogen and oxygen atoms in total. The predicted molar refractivity (Wildman–Crippen MR) is 85.2 cm³/mol. The van der Waals surface area contributed by atoms with Crippen LogP contribution in [-0.2, 0) is 14.3 Å². The SMILES string of the molecule is CCOC(=O)c1cc(C)sc1N1C(=O)[C@@H]2[C@H](C1=O)[C@H]1C=C[C@H]2C1. The molecule has 4 rings (SSSR count). The Balaban J connectivity index is 1.74. The molecule has 0 radical (unpaired) electrons. The van der Waals surface area contributed by atoms with Crippen molar-refractivity contribution in [2.75, 3.05) is 11.5 Å². The van der Waals surface area contributed by atoms with Crippen molar-refractivity contribution < 1.29 is 19.1 Å². The average molecular weight is 331 g/mol. The maximum atomic E-state index is 12.9. The standard InChI is InChI=1S/C17H17NO4S/c1-3-22-17(21)11-6-8(2)23-16(11)18-14(19)12-9-4-5-10(7-9)13(12)15(18)20/h4-6,9-10,12-13H,3,7H2,1-2H3/t9-,10-,12-,13+/m0/s1. The normalized spacial score (nSPS) is 31.1. The van der Waals surface area contributed by atoms with Gasteiger partial charge in [0, 0.05) is 4.88 Å². The van der Waals surface area contributed by atoms with E-state index in [1.54, 1.807) is 13.0 Å². The van der Waals surface area contributed by atoms with Gasteiger partial charge in [0.1, 0.15) is 5.00 Å². The number of fused-ring (bicyclic) bond motifs is 5. The van der Waals surface area contributed by atoms with E-state index in [4.69, 9.17) is 4.74 Å². The summed E-state index contributed by atoms with van der Waals surface area (Å²) < 4.78 is 5.07. The quantitative estimate of drug-likeness (QED) is 0.485. The smallest absolute Gasteiger partial charge is 0.341 e. The molecule has 1 aromatic rings. The van der Waals surface area contributed by atoms with Crippen molar-refractivity contribution in [2.45, 2.75) is 20.3 Å². The summed E-state index contributed by atoms with van der Waals surface area (Å²) in [6, 6.07) is 1.69. The van der Waals surface area contributed by atoms with Gasteiger partial charge in [-0.1, -0.05) is 12.2 Å². The van der Waals surface area contributed by atoms with Crippen molar-refractivity contribution in [2.24, 2.45) is 23.7 Å². The van der Waals surface area contributed by atoms with Gasteiger partial charge in [0.25, 0.3) is 0 Å². The van der Waals surface area contributed by atoms with Crippen LogP contribution in [0, 0.1) is 30.6 Å². The van der Waals surface area contributed by atoms with Crippen LogP contribution in [-0.4, -0.2) is 24.4 Å². The zero-order valence-electron chi connectivity index (χ0n) is 12.9. The highest BCUT2D eigenvalue weighted by Crippen LogP contribution is 2.54. The lowest BCUT2D eigenvalue weighted by Gasteiger charge is -2.16. The van der Waals surface area contributed by atoms with Gasteiger partial charge < -0.3 is 4.74 Å². The molecule has 2 aliphatic carbocycles. The van der Waals surface area contributed by atoms with E-state index in [0.29, 0.717) is 10.6 Å². The Labute approximate surface area is 137 Å². The predicted octanol–water partition coefficient (Wildman–Crippen LogP) is 2.54. The Kier molecular flexibility index (Phi) is 3.20. The Hall–Kier alpha value is -1.95. The lowest BCUT2D eigenvalue weighted by atomic mass is 9.85. The van der Waals surface area contributed by atoms with Crippen LogP contribution in [0.2, 0.25) is 0 Å². The Morgan fingerprint density at radius 2 is 1.87 bits per heavy atom. The Morgan fingerprint density at radius 1 is 1.26 bits per heavy atom. The Morgan fingerprint density at radius 3 is 2.43 bits per heavy atom. The molecule has 2 heterocycles. The van der Waals surface area contributed by atoms with E-state index in [1.807, 2.05) is 6.92 Å². The topological polar surface area (TPSA) is 63.7 Å². The van der Waals surface area contributed by atoms with Crippen LogP contribution < -0.4 is 4.90 Å². The molecule has 3 aliphatic rings. The minimum absolute atomic E-state index is 0.163. The summed E-state index contributed by atoms with van der Waals surface area (Å²) in [7, 11) is 0. The number of anilines is 1. The molecule has 0 N–H and O–H groups in total. The second-order valence-corrected chi connectivity index (χ2v) is 7.54. The molecular weight excluding hydrogens is 314 g/mol. The van der Waals surface area contributed by atoms with Crippen molar-refractivity contribution in [1.82, 2.24) is 0 Å². The fourth-order valence-electron chi connectivity index (χ4n) is 4.13. The van der Waals surface area contributed by atoms with Gasteiger partial charge in [-0.3, -0.25) is 9.59 Å². The maximum absolute atomic E-state index is 12.9. The number of thiophene rings is 1. The van der Waals surface area contributed by atoms with E-state index in [9.17, 15) is 14.4 Å². The van der Waals surface area contributed by atoms with E-state index in [1.165, 1.54) is 16.2 Å². The molecule has 0 aromatic carbocycles. The van der Waals surface area contributed by atoms with E-state index in [0.717, 1.165) is 11.3 Å². The second-order valence-electron chi connectivity index (χ2n) is 6.31. The average Bonchev–Trinajstić information content (AvgIpc) is 3.23. The van der Waals surface area contributed by atoms with Crippen LogP contribution in [0.15, 0.2) is 18.2 Å². The summed E-state index contributed by atoms with van der Waals surface area (Å²) >= 11 is 1.30. The van der Waals surface area contributed by atoms with Gasteiger partial charge in [0.15, 0.2) is 0 Å². The first-order valence-corrected chi connectivity index (χ1v) is 8.68. The number of carbonyl (C=O) groups excluding carboxylic acids is 3. The highest BCUT2D eigenvalue weighted by molar-refractivity contribution is 7.17. The van der Waals surface area contributed by atoms with E-state index in [-0.39, 0.29) is 42.1 Å². The van der Waals surface area contributed by atoms with Crippen molar-refractivity contribution in [3.05, 3.63) is 28.7 Å². The molecule has 1 saturated heterocycles. The third-order valence-corrected chi connectivity index (χ3v) is 6.04. The number of hydrogen-bond acceptors (Lipinski definition) is 5. The molecule has 1 saturated carbocycles. The van der Waals surface area contributed by atoms with E-state index >= 15 is 0 Å². The minimum Gasteiger partial charge on any atom is -0.462 e. The van der Waals surface area contributed by atoms with Crippen molar-refractivity contribution in [1.29, 1.82) is 0 Å². The number of amides is 2. The Bertz CT molecular complexity index is 720. The van der Waals surface area contributed by atoms with Crippen LogP contribution in [0.4, 0.5) is 5.00 Å². The third kappa shape index (κ3) is 1.94. The van der Waals surface area contributed by atoms with E-state index in [2.05, 4.69) is 12.2 Å². The van der Waals surface area contributed by atoms with Crippen LogP contribution in [0.25, 0.3) is 0 Å². The minimum atomic E-state index is -0.481. The molecule has 0 spiro atoms. The summed E-state index contributed by atoms with van der Waals surface area (Å²) in [5, 5.41) is 0.421. The number of carbonyl (C=O) groups is 3. The van der Waals surface area contributed by atoms with Gasteiger partial charge >= 0.3 is 5.97 Å². The first-order valence-electron chi connectivity index (χ1n) is 7.86. The first-order chi connectivity index (χ1) is 11.0. The van der Waals surface area contributed by atoms with Gasteiger partial charge in [0.2, 0.25) is 11.8 Å². The zero-order chi connectivity index (χ0) is 16.3. The number of rotatable bonds is 3. The van der Waals surface area contributed by atoms with Crippen LogP contribution >= 0.6 is 11.3 Å². The van der Waals surface area contributed by atoms with Gasteiger partial charge in [-0.2, -0.15) is 0 Å². The monoisotopic (exact) mass is 331 g/mol. The largest absolute Gasteiger partial charge is 0.462 e. The molecule has 0 unspecified atom stereocenters. The number of nitrogens with zero attached hydrogens (tertiary/aromatic N) is 1. The van der Waals surface area contributed by atoms with Crippen molar-refractivity contribution >= 4 is 34.1 Å². The summed E-state index contributed by atoms with van der Waals surface area (Å²) in [4.78, 5) is 40.0. The highest BCUT2D eigenvalue weighted by atomic mass is 32.1. The second kappa shape index (κ2) is 5.03. The number of imide groups is 1. The molecular formula is C17H17NO4S. The lowest BCUT2D eigenvalue weighted by Crippen LogP contribution is -2.33. The molecule has 6 heteroatoms.